The molecule has 0 radical (unpaired) electrons. The molecule has 172 valence electrons. The SMILES string of the molecule is O=C(O)c1ccc(C2CC(c3ccc(Cl)c(Cl)c3)(C(F)(F)F)ON2Cc2ccccc2)cc1. The minimum atomic E-state index is -4.77. The quantitative estimate of drug-likeness (QED) is 0.412. The van der Waals surface area contributed by atoms with E-state index in [1.54, 1.807) is 24.3 Å². The first-order chi connectivity index (χ1) is 15.6. The van der Waals surface area contributed by atoms with Gasteiger partial charge in [-0.2, -0.15) is 18.2 Å². The van der Waals surface area contributed by atoms with Crippen molar-refractivity contribution < 1.29 is 27.9 Å². The monoisotopic (exact) mass is 495 g/mol. The number of benzene rings is 3. The first kappa shape index (κ1) is 23.6. The van der Waals surface area contributed by atoms with Crippen LogP contribution >= 0.6 is 23.2 Å². The topological polar surface area (TPSA) is 49.8 Å². The molecule has 0 bridgehead atoms. The Kier molecular flexibility index (Phi) is 6.42. The minimum absolute atomic E-state index is 0.00902. The summed E-state index contributed by atoms with van der Waals surface area (Å²) < 4.78 is 43.8. The number of carboxylic acids is 1. The molecule has 9 heteroatoms. The summed E-state index contributed by atoms with van der Waals surface area (Å²) in [6.45, 7) is 0.0886. The van der Waals surface area contributed by atoms with Gasteiger partial charge in [0.05, 0.1) is 21.7 Å². The Morgan fingerprint density at radius 2 is 1.70 bits per heavy atom. The van der Waals surface area contributed by atoms with Crippen LogP contribution < -0.4 is 0 Å². The Balaban J connectivity index is 1.80. The van der Waals surface area contributed by atoms with E-state index in [1.807, 2.05) is 6.07 Å². The van der Waals surface area contributed by atoms with Crippen molar-refractivity contribution in [3.63, 3.8) is 0 Å². The lowest BCUT2D eigenvalue weighted by Gasteiger charge is -2.31. The maximum atomic E-state index is 14.6. The van der Waals surface area contributed by atoms with Gasteiger partial charge in [-0.1, -0.05) is 71.7 Å². The minimum Gasteiger partial charge on any atom is -0.478 e. The Bertz CT molecular complexity index is 1160. The lowest BCUT2D eigenvalue weighted by Crippen LogP contribution is -2.43. The van der Waals surface area contributed by atoms with Crippen LogP contribution in [0.1, 0.15) is 39.5 Å². The number of hydrogen-bond acceptors (Lipinski definition) is 3. The van der Waals surface area contributed by atoms with Crippen LogP contribution in [0.5, 0.6) is 0 Å². The Morgan fingerprint density at radius 3 is 2.27 bits per heavy atom. The molecule has 1 N–H and O–H groups in total. The highest BCUT2D eigenvalue weighted by atomic mass is 35.5. The summed E-state index contributed by atoms with van der Waals surface area (Å²) in [6.07, 6.45) is -5.22. The van der Waals surface area contributed by atoms with Gasteiger partial charge in [-0.3, -0.25) is 4.84 Å². The predicted molar refractivity (Wildman–Crippen MR) is 118 cm³/mol. The number of aromatic carboxylic acids is 1. The molecule has 0 aromatic heterocycles. The van der Waals surface area contributed by atoms with Gasteiger partial charge in [0.2, 0.25) is 5.60 Å². The summed E-state index contributed by atoms with van der Waals surface area (Å²) >= 11 is 12.0. The molecule has 0 saturated carbocycles. The Hall–Kier alpha value is -2.58. The molecule has 3 aromatic rings. The van der Waals surface area contributed by atoms with Crippen molar-refractivity contribution in [2.24, 2.45) is 0 Å². The third kappa shape index (κ3) is 4.59. The highest BCUT2D eigenvalue weighted by molar-refractivity contribution is 6.42. The smallest absolute Gasteiger partial charge is 0.423 e. The van der Waals surface area contributed by atoms with Gasteiger partial charge in [-0.05, 0) is 41.0 Å². The number of carbonyl (C=O) groups is 1. The second kappa shape index (κ2) is 8.99. The van der Waals surface area contributed by atoms with Gasteiger partial charge in [0.25, 0.3) is 0 Å². The van der Waals surface area contributed by atoms with Crippen LogP contribution in [-0.4, -0.2) is 22.3 Å². The first-order valence-corrected chi connectivity index (χ1v) is 10.7. The van der Waals surface area contributed by atoms with E-state index in [-0.39, 0.29) is 27.7 Å². The Morgan fingerprint density at radius 1 is 1.03 bits per heavy atom. The highest BCUT2D eigenvalue weighted by Gasteiger charge is 2.64. The zero-order valence-electron chi connectivity index (χ0n) is 17.0. The fraction of sp³-hybridized carbons (Fsp3) is 0.208. The van der Waals surface area contributed by atoms with Crippen molar-refractivity contribution >= 4 is 29.2 Å². The maximum absolute atomic E-state index is 14.6. The molecular formula is C24H18Cl2F3NO3. The molecule has 0 aliphatic carbocycles. The van der Waals surface area contributed by atoms with E-state index < -0.39 is 30.2 Å². The van der Waals surface area contributed by atoms with Gasteiger partial charge in [0.15, 0.2) is 0 Å². The average Bonchev–Trinajstić information content (AvgIpc) is 3.17. The molecule has 0 amide bonds. The number of alkyl halides is 3. The molecule has 1 aliphatic rings. The van der Waals surface area contributed by atoms with Crippen molar-refractivity contribution in [3.8, 4) is 0 Å². The van der Waals surface area contributed by atoms with Crippen molar-refractivity contribution in [3.05, 3.63) is 105 Å². The zero-order valence-corrected chi connectivity index (χ0v) is 18.5. The third-order valence-corrected chi connectivity index (χ3v) is 6.41. The largest absolute Gasteiger partial charge is 0.478 e. The molecule has 2 atom stereocenters. The molecule has 1 saturated heterocycles. The highest BCUT2D eigenvalue weighted by Crippen LogP contribution is 2.55. The van der Waals surface area contributed by atoms with E-state index in [2.05, 4.69) is 0 Å². The fourth-order valence-corrected chi connectivity index (χ4v) is 4.26. The van der Waals surface area contributed by atoms with Gasteiger partial charge in [-0.15, -0.1) is 0 Å². The summed E-state index contributed by atoms with van der Waals surface area (Å²) in [5.41, 5.74) is -1.52. The predicted octanol–water partition coefficient (Wildman–Crippen LogP) is 7.03. The van der Waals surface area contributed by atoms with Gasteiger partial charge >= 0.3 is 12.1 Å². The molecule has 3 aromatic carbocycles. The van der Waals surface area contributed by atoms with E-state index >= 15 is 0 Å². The average molecular weight is 496 g/mol. The van der Waals surface area contributed by atoms with Crippen molar-refractivity contribution in [1.29, 1.82) is 0 Å². The number of carboxylic acid groups (broad SMARTS) is 1. The molecule has 0 spiro atoms. The van der Waals surface area contributed by atoms with Crippen LogP contribution in [0.3, 0.4) is 0 Å². The molecule has 2 unspecified atom stereocenters. The molecule has 33 heavy (non-hydrogen) atoms. The van der Waals surface area contributed by atoms with Gasteiger partial charge < -0.3 is 5.11 Å². The molecule has 1 aliphatic heterocycles. The van der Waals surface area contributed by atoms with Gasteiger partial charge in [0.1, 0.15) is 0 Å². The van der Waals surface area contributed by atoms with E-state index in [9.17, 15) is 18.0 Å². The molecule has 1 fully saturated rings. The normalized spacial score (nSPS) is 21.3. The number of hydrogen-bond donors (Lipinski definition) is 1. The number of rotatable bonds is 5. The second-order valence-corrected chi connectivity index (χ2v) is 8.57. The van der Waals surface area contributed by atoms with Gasteiger partial charge in [-0.25, -0.2) is 4.79 Å². The van der Waals surface area contributed by atoms with Crippen molar-refractivity contribution in [2.75, 3.05) is 0 Å². The standard InChI is InChI=1S/C24H18Cl2F3NO3/c25-19-11-10-18(12-20(19)26)23(24(27,28)29)13-21(16-6-8-17(9-7-16)22(31)32)30(33-23)14-15-4-2-1-3-5-15/h1-12,21H,13-14H2,(H,31,32). The van der Waals surface area contributed by atoms with Crippen LogP contribution in [0, 0.1) is 0 Å². The van der Waals surface area contributed by atoms with Gasteiger partial charge in [0, 0.05) is 13.0 Å². The van der Waals surface area contributed by atoms with Crippen molar-refractivity contribution in [2.45, 2.75) is 30.8 Å². The van der Waals surface area contributed by atoms with Crippen LogP contribution in [-0.2, 0) is 17.0 Å². The van der Waals surface area contributed by atoms with Crippen LogP contribution in [0.2, 0.25) is 10.0 Å². The number of hydroxylamine groups is 2. The second-order valence-electron chi connectivity index (χ2n) is 7.75. The van der Waals surface area contributed by atoms with Crippen LogP contribution in [0.25, 0.3) is 0 Å². The lowest BCUT2D eigenvalue weighted by atomic mass is 9.85. The number of nitrogens with zero attached hydrogens (tertiary/aromatic N) is 1. The fourth-order valence-electron chi connectivity index (χ4n) is 3.96. The van der Waals surface area contributed by atoms with E-state index in [1.165, 1.54) is 47.5 Å². The van der Waals surface area contributed by atoms with E-state index in [0.717, 1.165) is 5.56 Å². The lowest BCUT2D eigenvalue weighted by molar-refractivity contribution is -0.330. The van der Waals surface area contributed by atoms with Crippen LogP contribution in [0.4, 0.5) is 13.2 Å². The van der Waals surface area contributed by atoms with Crippen LogP contribution in [0.15, 0.2) is 72.8 Å². The summed E-state index contributed by atoms with van der Waals surface area (Å²) in [6, 6.07) is 17.7. The van der Waals surface area contributed by atoms with Crippen molar-refractivity contribution in [1.82, 2.24) is 5.06 Å². The first-order valence-electron chi connectivity index (χ1n) is 9.96. The Labute approximate surface area is 198 Å². The summed E-state index contributed by atoms with van der Waals surface area (Å²) in [4.78, 5) is 16.9. The number of halogens is 5. The van der Waals surface area contributed by atoms with E-state index in [4.69, 9.17) is 33.1 Å². The van der Waals surface area contributed by atoms with E-state index in [0.29, 0.717) is 5.56 Å². The maximum Gasteiger partial charge on any atom is 0.423 e. The zero-order chi connectivity index (χ0) is 23.8. The molecule has 1 heterocycles. The summed E-state index contributed by atoms with van der Waals surface area (Å²) in [5.74, 6) is -1.12. The summed E-state index contributed by atoms with van der Waals surface area (Å²) in [5, 5.41) is 10.6. The summed E-state index contributed by atoms with van der Waals surface area (Å²) in [7, 11) is 0. The molecule has 4 rings (SSSR count). The third-order valence-electron chi connectivity index (χ3n) is 5.67. The molecular weight excluding hydrogens is 478 g/mol. The molecule has 4 nitrogen and oxygen atoms in total.